The number of aryl methyl sites for hydroxylation is 4. The van der Waals surface area contributed by atoms with Crippen LogP contribution in [0.3, 0.4) is 0 Å². The van der Waals surface area contributed by atoms with E-state index < -0.39 is 0 Å². The lowest BCUT2D eigenvalue weighted by Crippen LogP contribution is -2.09. The molecular weight excluding hydrogens is 260 g/mol. The van der Waals surface area contributed by atoms with Crippen molar-refractivity contribution in [3.05, 3.63) is 63.7 Å². The third-order valence-electron chi connectivity index (χ3n) is 3.80. The van der Waals surface area contributed by atoms with Gasteiger partial charge >= 0.3 is 0 Å². The van der Waals surface area contributed by atoms with E-state index in [1.54, 1.807) is 7.11 Å². The van der Waals surface area contributed by atoms with Gasteiger partial charge in [0, 0.05) is 6.42 Å². The molecule has 0 N–H and O–H groups in total. The molecule has 0 radical (unpaired) electrons. The fourth-order valence-corrected chi connectivity index (χ4v) is 2.70. The van der Waals surface area contributed by atoms with Gasteiger partial charge in [0.25, 0.3) is 0 Å². The largest absolute Gasteiger partial charge is 0.496 e. The van der Waals surface area contributed by atoms with Gasteiger partial charge < -0.3 is 4.74 Å². The Balaban J connectivity index is 2.39. The first-order valence-corrected chi connectivity index (χ1v) is 7.17. The minimum Gasteiger partial charge on any atom is -0.496 e. The van der Waals surface area contributed by atoms with Gasteiger partial charge in [0.2, 0.25) is 0 Å². The maximum absolute atomic E-state index is 12.7. The van der Waals surface area contributed by atoms with Crippen molar-refractivity contribution in [2.24, 2.45) is 0 Å². The predicted octanol–water partition coefficient (Wildman–Crippen LogP) is 4.35. The second-order valence-electron chi connectivity index (χ2n) is 5.69. The van der Waals surface area contributed by atoms with Crippen molar-refractivity contribution >= 4 is 5.78 Å². The molecule has 2 nitrogen and oxygen atoms in total. The van der Waals surface area contributed by atoms with Gasteiger partial charge in [0.05, 0.1) is 12.7 Å². The predicted molar refractivity (Wildman–Crippen MR) is 86.4 cm³/mol. The fraction of sp³-hybridized carbons (Fsp3) is 0.316. The third kappa shape index (κ3) is 3.33. The summed E-state index contributed by atoms with van der Waals surface area (Å²) in [5, 5.41) is 0. The molecule has 0 aliphatic heterocycles. The van der Waals surface area contributed by atoms with Crippen LogP contribution in [-0.2, 0) is 6.42 Å². The number of benzene rings is 2. The van der Waals surface area contributed by atoms with E-state index in [1.807, 2.05) is 39.8 Å². The van der Waals surface area contributed by atoms with E-state index in [0.29, 0.717) is 17.7 Å². The van der Waals surface area contributed by atoms with Crippen molar-refractivity contribution in [3.63, 3.8) is 0 Å². The van der Waals surface area contributed by atoms with Crippen molar-refractivity contribution in [3.8, 4) is 5.75 Å². The summed E-state index contributed by atoms with van der Waals surface area (Å²) in [7, 11) is 1.61. The smallest absolute Gasteiger partial charge is 0.171 e. The van der Waals surface area contributed by atoms with Crippen LogP contribution in [0.1, 0.15) is 38.2 Å². The van der Waals surface area contributed by atoms with Crippen LogP contribution in [-0.4, -0.2) is 12.9 Å². The highest BCUT2D eigenvalue weighted by molar-refractivity contribution is 6.01. The lowest BCUT2D eigenvalue weighted by molar-refractivity contribution is 0.0989. The molecule has 2 rings (SSSR count). The second-order valence-corrected chi connectivity index (χ2v) is 5.69. The SMILES string of the molecule is COc1cc(C)cc(C)c1C(=O)Cc1cc(C)ccc1C. The molecule has 0 fully saturated rings. The number of hydrogen-bond donors (Lipinski definition) is 0. The molecule has 0 bridgehead atoms. The van der Waals surface area contributed by atoms with E-state index in [-0.39, 0.29) is 5.78 Å². The van der Waals surface area contributed by atoms with Crippen LogP contribution in [0.4, 0.5) is 0 Å². The molecule has 0 heterocycles. The molecule has 0 saturated carbocycles. The zero-order valence-electron chi connectivity index (χ0n) is 13.4. The van der Waals surface area contributed by atoms with Gasteiger partial charge in [0.1, 0.15) is 5.75 Å². The average Bonchev–Trinajstić information content (AvgIpc) is 2.41. The molecule has 0 saturated heterocycles. The first-order chi connectivity index (χ1) is 9.92. The zero-order chi connectivity index (χ0) is 15.6. The molecule has 0 spiro atoms. The first kappa shape index (κ1) is 15.3. The number of methoxy groups -OCH3 is 1. The van der Waals surface area contributed by atoms with Gasteiger partial charge in [-0.2, -0.15) is 0 Å². The summed E-state index contributed by atoms with van der Waals surface area (Å²) in [5.41, 5.74) is 6.19. The Bertz CT molecular complexity index is 684. The monoisotopic (exact) mass is 282 g/mol. The van der Waals surface area contributed by atoms with Gasteiger partial charge in [-0.1, -0.05) is 29.8 Å². The highest BCUT2D eigenvalue weighted by atomic mass is 16.5. The van der Waals surface area contributed by atoms with Crippen molar-refractivity contribution in [2.75, 3.05) is 7.11 Å². The van der Waals surface area contributed by atoms with Crippen LogP contribution in [0.5, 0.6) is 5.75 Å². The van der Waals surface area contributed by atoms with Gasteiger partial charge in [-0.25, -0.2) is 0 Å². The summed E-state index contributed by atoms with van der Waals surface area (Å²) >= 11 is 0. The van der Waals surface area contributed by atoms with Crippen LogP contribution in [0, 0.1) is 27.7 Å². The molecule has 21 heavy (non-hydrogen) atoms. The van der Waals surface area contributed by atoms with Crippen LogP contribution >= 0.6 is 0 Å². The van der Waals surface area contributed by atoms with Gasteiger partial charge in [-0.3, -0.25) is 4.79 Å². The Labute approximate surface area is 126 Å². The highest BCUT2D eigenvalue weighted by Crippen LogP contribution is 2.26. The molecule has 2 aromatic carbocycles. The van der Waals surface area contributed by atoms with E-state index in [4.69, 9.17) is 4.74 Å². The number of carbonyl (C=O) groups excluding carboxylic acids is 1. The molecule has 2 heteroatoms. The summed E-state index contributed by atoms with van der Waals surface area (Å²) in [4.78, 5) is 12.7. The Morgan fingerprint density at radius 3 is 2.33 bits per heavy atom. The Morgan fingerprint density at radius 1 is 0.952 bits per heavy atom. The standard InChI is InChI=1S/C19H22O2/c1-12-6-7-14(3)16(9-12)11-17(20)19-15(4)8-13(2)10-18(19)21-5/h6-10H,11H2,1-5H3. The van der Waals surface area contributed by atoms with Crippen LogP contribution in [0.2, 0.25) is 0 Å². The Hall–Kier alpha value is -2.09. The quantitative estimate of drug-likeness (QED) is 0.779. The average molecular weight is 282 g/mol. The van der Waals surface area contributed by atoms with E-state index >= 15 is 0 Å². The van der Waals surface area contributed by atoms with Crippen LogP contribution in [0.15, 0.2) is 30.3 Å². The Kier molecular flexibility index (Phi) is 4.46. The van der Waals surface area contributed by atoms with Gasteiger partial charge in [-0.05, 0) is 56.0 Å². The minimum atomic E-state index is 0.109. The van der Waals surface area contributed by atoms with E-state index in [2.05, 4.69) is 18.2 Å². The molecule has 110 valence electrons. The normalized spacial score (nSPS) is 10.5. The van der Waals surface area contributed by atoms with Gasteiger partial charge in [0.15, 0.2) is 5.78 Å². The number of carbonyl (C=O) groups is 1. The summed E-state index contributed by atoms with van der Waals surface area (Å²) in [6.45, 7) is 8.06. The fourth-order valence-electron chi connectivity index (χ4n) is 2.70. The number of ether oxygens (including phenoxy) is 1. The molecule has 0 unspecified atom stereocenters. The number of rotatable bonds is 4. The third-order valence-corrected chi connectivity index (χ3v) is 3.80. The van der Waals surface area contributed by atoms with E-state index in [1.165, 1.54) is 5.56 Å². The molecule has 0 aromatic heterocycles. The first-order valence-electron chi connectivity index (χ1n) is 7.17. The van der Waals surface area contributed by atoms with E-state index in [0.717, 1.165) is 22.3 Å². The van der Waals surface area contributed by atoms with E-state index in [9.17, 15) is 4.79 Å². The van der Waals surface area contributed by atoms with Crippen molar-refractivity contribution in [1.29, 1.82) is 0 Å². The Morgan fingerprint density at radius 2 is 1.67 bits per heavy atom. The van der Waals surface area contributed by atoms with Gasteiger partial charge in [-0.15, -0.1) is 0 Å². The molecular formula is C19H22O2. The van der Waals surface area contributed by atoms with Crippen molar-refractivity contribution in [1.82, 2.24) is 0 Å². The molecule has 0 aliphatic carbocycles. The summed E-state index contributed by atoms with van der Waals surface area (Å²) in [6.07, 6.45) is 0.410. The summed E-state index contributed by atoms with van der Waals surface area (Å²) in [6, 6.07) is 10.2. The zero-order valence-corrected chi connectivity index (χ0v) is 13.4. The maximum atomic E-state index is 12.7. The summed E-state index contributed by atoms with van der Waals surface area (Å²) in [5.74, 6) is 0.779. The molecule has 0 atom stereocenters. The molecule has 2 aromatic rings. The lowest BCUT2D eigenvalue weighted by Gasteiger charge is -2.13. The minimum absolute atomic E-state index is 0.109. The molecule has 0 amide bonds. The second kappa shape index (κ2) is 6.13. The number of ketones is 1. The summed E-state index contributed by atoms with van der Waals surface area (Å²) < 4.78 is 5.40. The lowest BCUT2D eigenvalue weighted by atomic mass is 9.94. The topological polar surface area (TPSA) is 26.3 Å². The van der Waals surface area contributed by atoms with Crippen LogP contribution in [0.25, 0.3) is 0 Å². The molecule has 0 aliphatic rings. The van der Waals surface area contributed by atoms with Crippen molar-refractivity contribution in [2.45, 2.75) is 34.1 Å². The van der Waals surface area contributed by atoms with Crippen molar-refractivity contribution < 1.29 is 9.53 Å². The number of hydrogen-bond acceptors (Lipinski definition) is 2. The van der Waals surface area contributed by atoms with Crippen LogP contribution < -0.4 is 4.74 Å². The maximum Gasteiger partial charge on any atom is 0.171 e. The number of Topliss-reactive ketones (excluding diaryl/α,β-unsaturated/α-hetero) is 1. The highest BCUT2D eigenvalue weighted by Gasteiger charge is 2.17.